The number of rotatable bonds is 0. The zero-order chi connectivity index (χ0) is 9.16. The highest BCUT2D eigenvalue weighted by Crippen LogP contribution is 2.58. The minimum absolute atomic E-state index is 0.0541. The van der Waals surface area contributed by atoms with Crippen LogP contribution in [0.2, 0.25) is 0 Å². The van der Waals surface area contributed by atoms with E-state index in [4.69, 9.17) is 0 Å². The molecule has 0 aliphatic heterocycles. The molecule has 0 spiro atoms. The molecule has 13 heavy (non-hydrogen) atoms. The predicted octanol–water partition coefficient (Wildman–Crippen LogP) is 2.55. The maximum absolute atomic E-state index is 10.1. The van der Waals surface area contributed by atoms with Gasteiger partial charge in [0.15, 0.2) is 0 Å². The van der Waals surface area contributed by atoms with Crippen LogP contribution in [0.5, 0.6) is 0 Å². The second-order valence-corrected chi connectivity index (χ2v) is 7.06. The van der Waals surface area contributed by atoms with Crippen LogP contribution in [0.4, 0.5) is 0 Å². The third kappa shape index (κ3) is 1.13. The Bertz CT molecular complexity index is 183. The van der Waals surface area contributed by atoms with Crippen molar-refractivity contribution in [3.8, 4) is 0 Å². The largest absolute Gasteiger partial charge is 0.392 e. The van der Waals surface area contributed by atoms with Crippen LogP contribution in [0, 0.1) is 23.7 Å². The van der Waals surface area contributed by atoms with Crippen molar-refractivity contribution in [1.29, 1.82) is 0 Å². The zero-order valence-corrected chi connectivity index (χ0v) is 10.5. The Labute approximate surface area is 95.5 Å². The van der Waals surface area contributed by atoms with Crippen LogP contribution in [-0.2, 0) is 0 Å². The minimum Gasteiger partial charge on any atom is -0.392 e. The van der Waals surface area contributed by atoms with Crippen LogP contribution in [-0.4, -0.2) is 20.9 Å². The van der Waals surface area contributed by atoms with Gasteiger partial charge in [0.25, 0.3) is 0 Å². The zero-order valence-electron chi connectivity index (χ0n) is 7.37. The average Bonchev–Trinajstić information content (AvgIpc) is 2.12. The highest BCUT2D eigenvalue weighted by atomic mass is 79.9. The Balaban J connectivity index is 1.97. The van der Waals surface area contributed by atoms with Crippen LogP contribution in [0.25, 0.3) is 0 Å². The SMILES string of the molecule is OC1C2CC3CC1[C@H](Br)C(C3)[C@@H]2Br. The summed E-state index contributed by atoms with van der Waals surface area (Å²) in [5.74, 6) is 2.75. The van der Waals surface area contributed by atoms with Gasteiger partial charge in [0, 0.05) is 9.65 Å². The topological polar surface area (TPSA) is 20.2 Å². The lowest BCUT2D eigenvalue weighted by Crippen LogP contribution is -2.59. The summed E-state index contributed by atoms with van der Waals surface area (Å²) in [6.45, 7) is 0. The van der Waals surface area contributed by atoms with Crippen LogP contribution < -0.4 is 0 Å². The summed E-state index contributed by atoms with van der Waals surface area (Å²) < 4.78 is 0. The Hall–Kier alpha value is 0.920. The first-order chi connectivity index (χ1) is 6.18. The summed E-state index contributed by atoms with van der Waals surface area (Å²) >= 11 is 7.54. The lowest BCUT2D eigenvalue weighted by Gasteiger charge is -2.57. The second kappa shape index (κ2) is 2.96. The van der Waals surface area contributed by atoms with Crippen molar-refractivity contribution in [3.05, 3.63) is 0 Å². The smallest absolute Gasteiger partial charge is 0.0618 e. The molecule has 5 unspecified atom stereocenters. The third-order valence-electron chi connectivity index (χ3n) is 4.33. The van der Waals surface area contributed by atoms with Gasteiger partial charge in [-0.1, -0.05) is 31.9 Å². The molecule has 0 saturated heterocycles. The fourth-order valence-corrected chi connectivity index (χ4v) is 6.30. The molecule has 0 heterocycles. The quantitative estimate of drug-likeness (QED) is 0.682. The number of aliphatic hydroxyl groups is 1. The van der Waals surface area contributed by atoms with Gasteiger partial charge < -0.3 is 5.11 Å². The number of hydrogen-bond acceptors (Lipinski definition) is 1. The molecule has 4 saturated carbocycles. The van der Waals surface area contributed by atoms with Crippen molar-refractivity contribution in [1.82, 2.24) is 0 Å². The summed E-state index contributed by atoms with van der Waals surface area (Å²) in [4.78, 5) is 1.11. The van der Waals surface area contributed by atoms with Gasteiger partial charge in [0.2, 0.25) is 0 Å². The van der Waals surface area contributed by atoms with E-state index in [1.54, 1.807) is 0 Å². The molecule has 3 heteroatoms. The first-order valence-corrected chi connectivity index (χ1v) is 6.98. The number of alkyl halides is 2. The number of hydrogen-bond donors (Lipinski definition) is 1. The average molecular weight is 310 g/mol. The Morgan fingerprint density at radius 3 is 1.85 bits per heavy atom. The monoisotopic (exact) mass is 308 g/mol. The molecule has 4 rings (SSSR count). The van der Waals surface area contributed by atoms with Crippen molar-refractivity contribution >= 4 is 31.9 Å². The lowest BCUT2D eigenvalue weighted by molar-refractivity contribution is -0.0794. The Kier molecular flexibility index (Phi) is 2.08. The summed E-state index contributed by atoms with van der Waals surface area (Å²) in [5, 5.41) is 10.1. The lowest BCUT2D eigenvalue weighted by atomic mass is 9.55. The van der Waals surface area contributed by atoms with Gasteiger partial charge in [-0.25, -0.2) is 0 Å². The summed E-state index contributed by atoms with van der Waals surface area (Å²) in [6, 6.07) is 0. The highest BCUT2D eigenvalue weighted by molar-refractivity contribution is 9.10. The predicted molar refractivity (Wildman–Crippen MR) is 59.2 cm³/mol. The van der Waals surface area contributed by atoms with E-state index in [1.165, 1.54) is 19.3 Å². The van der Waals surface area contributed by atoms with Crippen LogP contribution in [0.15, 0.2) is 0 Å². The maximum Gasteiger partial charge on any atom is 0.0618 e. The molecule has 4 bridgehead atoms. The molecule has 0 aromatic heterocycles. The molecular weight excluding hydrogens is 296 g/mol. The molecule has 74 valence electrons. The van der Waals surface area contributed by atoms with E-state index in [-0.39, 0.29) is 6.10 Å². The van der Waals surface area contributed by atoms with Crippen molar-refractivity contribution in [2.24, 2.45) is 23.7 Å². The second-order valence-electron chi connectivity index (χ2n) is 4.94. The first kappa shape index (κ1) is 9.17. The molecular formula is C10H14Br2O. The van der Waals surface area contributed by atoms with E-state index in [1.807, 2.05) is 0 Å². The maximum atomic E-state index is 10.1. The van der Waals surface area contributed by atoms with E-state index in [2.05, 4.69) is 31.9 Å². The molecule has 0 aromatic rings. The van der Waals surface area contributed by atoms with Crippen molar-refractivity contribution in [2.75, 3.05) is 0 Å². The van der Waals surface area contributed by atoms with Gasteiger partial charge in [-0.05, 0) is 42.9 Å². The molecule has 1 N–H and O–H groups in total. The van der Waals surface area contributed by atoms with Gasteiger partial charge in [-0.3, -0.25) is 0 Å². The van der Waals surface area contributed by atoms with Crippen LogP contribution in [0.3, 0.4) is 0 Å². The molecule has 1 nitrogen and oxygen atoms in total. The van der Waals surface area contributed by atoms with Crippen molar-refractivity contribution < 1.29 is 5.11 Å². The van der Waals surface area contributed by atoms with E-state index >= 15 is 0 Å². The summed E-state index contributed by atoms with van der Waals surface area (Å²) in [6.07, 6.45) is 3.82. The van der Waals surface area contributed by atoms with Gasteiger partial charge in [-0.15, -0.1) is 0 Å². The molecule has 4 aliphatic carbocycles. The fraction of sp³-hybridized carbons (Fsp3) is 1.00. The number of aliphatic hydroxyl groups excluding tert-OH is 1. The van der Waals surface area contributed by atoms with E-state index in [0.29, 0.717) is 21.5 Å². The highest BCUT2D eigenvalue weighted by Gasteiger charge is 2.56. The third-order valence-corrected chi connectivity index (χ3v) is 7.05. The summed E-state index contributed by atoms with van der Waals surface area (Å²) in [5.41, 5.74) is 0. The molecule has 0 amide bonds. The van der Waals surface area contributed by atoms with Gasteiger partial charge in [0.05, 0.1) is 6.10 Å². The molecule has 7 atom stereocenters. The van der Waals surface area contributed by atoms with E-state index in [0.717, 1.165) is 11.8 Å². The standard InChI is InChI=1S/C10H14Br2O/c11-8-5-1-4-2-6(8)10(13)7(3-4)9(5)12/h4-10,13H,1-3H2/t4?,5?,6?,7?,8-,9+,10?. The van der Waals surface area contributed by atoms with E-state index in [9.17, 15) is 5.11 Å². The van der Waals surface area contributed by atoms with E-state index < -0.39 is 0 Å². The fourth-order valence-electron chi connectivity index (χ4n) is 3.75. The molecule has 4 fully saturated rings. The molecule has 0 aromatic carbocycles. The Morgan fingerprint density at radius 2 is 1.31 bits per heavy atom. The van der Waals surface area contributed by atoms with Gasteiger partial charge in [-0.2, -0.15) is 0 Å². The number of halogens is 2. The van der Waals surface area contributed by atoms with Crippen LogP contribution in [0.1, 0.15) is 19.3 Å². The van der Waals surface area contributed by atoms with Gasteiger partial charge >= 0.3 is 0 Å². The Morgan fingerprint density at radius 1 is 0.846 bits per heavy atom. The van der Waals surface area contributed by atoms with Crippen molar-refractivity contribution in [2.45, 2.75) is 35.0 Å². The minimum atomic E-state index is -0.0541. The summed E-state index contributed by atoms with van der Waals surface area (Å²) in [7, 11) is 0. The van der Waals surface area contributed by atoms with Crippen molar-refractivity contribution in [3.63, 3.8) is 0 Å². The molecule has 0 radical (unpaired) electrons. The van der Waals surface area contributed by atoms with Gasteiger partial charge in [0.1, 0.15) is 0 Å². The van der Waals surface area contributed by atoms with Crippen LogP contribution >= 0.6 is 31.9 Å². The normalized spacial score (nSPS) is 64.4. The molecule has 4 aliphatic rings. The first-order valence-electron chi connectivity index (χ1n) is 5.14.